The van der Waals surface area contributed by atoms with E-state index in [2.05, 4.69) is 9.88 Å². The summed E-state index contributed by atoms with van der Waals surface area (Å²) in [5.74, 6) is 0.756. The zero-order valence-electron chi connectivity index (χ0n) is 15.7. The number of oxazole rings is 1. The number of thioether (sulfide) groups is 1. The number of benzene rings is 2. The Labute approximate surface area is 167 Å². The standard InChI is InChI=1S/C22H22F2N2OS/c1-15-21(25-22(27-15)16-3-2-4-18(24)13-16)14-26-11-9-20(10-12-26)28-19-7-5-17(23)6-8-19/h2-8,13,20H,9-12,14H2,1H3. The van der Waals surface area contributed by atoms with Gasteiger partial charge in [0.15, 0.2) is 0 Å². The lowest BCUT2D eigenvalue weighted by Crippen LogP contribution is -2.34. The average Bonchev–Trinajstić information content (AvgIpc) is 3.06. The Kier molecular flexibility index (Phi) is 5.78. The molecule has 28 heavy (non-hydrogen) atoms. The minimum absolute atomic E-state index is 0.195. The highest BCUT2D eigenvalue weighted by atomic mass is 32.2. The van der Waals surface area contributed by atoms with E-state index in [4.69, 9.17) is 4.42 Å². The van der Waals surface area contributed by atoms with Crippen LogP contribution in [0.2, 0.25) is 0 Å². The Morgan fingerprint density at radius 3 is 2.54 bits per heavy atom. The number of nitrogens with zero attached hydrogens (tertiary/aromatic N) is 2. The van der Waals surface area contributed by atoms with Crippen molar-refractivity contribution in [2.24, 2.45) is 0 Å². The van der Waals surface area contributed by atoms with Gasteiger partial charge in [-0.25, -0.2) is 13.8 Å². The number of piperidine rings is 1. The molecule has 146 valence electrons. The van der Waals surface area contributed by atoms with E-state index in [9.17, 15) is 8.78 Å². The number of halogens is 2. The van der Waals surface area contributed by atoms with E-state index >= 15 is 0 Å². The van der Waals surface area contributed by atoms with Gasteiger partial charge in [-0.3, -0.25) is 4.90 Å². The molecule has 0 radical (unpaired) electrons. The predicted octanol–water partition coefficient (Wildman–Crippen LogP) is 5.68. The molecular weight excluding hydrogens is 378 g/mol. The topological polar surface area (TPSA) is 29.3 Å². The first-order chi connectivity index (χ1) is 13.6. The summed E-state index contributed by atoms with van der Waals surface area (Å²) >= 11 is 1.82. The highest BCUT2D eigenvalue weighted by Gasteiger charge is 2.22. The Hall–Kier alpha value is -2.18. The molecule has 0 bridgehead atoms. The Morgan fingerprint density at radius 1 is 1.07 bits per heavy atom. The number of rotatable bonds is 5. The maximum Gasteiger partial charge on any atom is 0.226 e. The molecule has 6 heteroatoms. The summed E-state index contributed by atoms with van der Waals surface area (Å²) in [5, 5.41) is 0.544. The van der Waals surface area contributed by atoms with E-state index in [0.29, 0.717) is 16.7 Å². The largest absolute Gasteiger partial charge is 0.441 e. The molecule has 0 amide bonds. The van der Waals surface area contributed by atoms with Crippen molar-refractivity contribution in [3.8, 4) is 11.5 Å². The van der Waals surface area contributed by atoms with Crippen molar-refractivity contribution in [3.05, 3.63) is 71.6 Å². The Morgan fingerprint density at radius 2 is 1.82 bits per heavy atom. The number of likely N-dealkylation sites (tertiary alicyclic amines) is 1. The smallest absolute Gasteiger partial charge is 0.226 e. The van der Waals surface area contributed by atoms with Gasteiger partial charge in [-0.1, -0.05) is 6.07 Å². The van der Waals surface area contributed by atoms with Crippen LogP contribution in [0, 0.1) is 18.6 Å². The van der Waals surface area contributed by atoms with Gasteiger partial charge in [0.1, 0.15) is 17.4 Å². The molecule has 0 spiro atoms. The third kappa shape index (κ3) is 4.62. The normalized spacial score (nSPS) is 15.8. The second-order valence-electron chi connectivity index (χ2n) is 7.08. The van der Waals surface area contributed by atoms with Crippen molar-refractivity contribution >= 4 is 11.8 Å². The molecule has 3 nitrogen and oxygen atoms in total. The average molecular weight is 400 g/mol. The van der Waals surface area contributed by atoms with E-state index in [1.54, 1.807) is 12.1 Å². The van der Waals surface area contributed by atoms with Crippen LogP contribution in [0.5, 0.6) is 0 Å². The fourth-order valence-electron chi connectivity index (χ4n) is 3.42. The van der Waals surface area contributed by atoms with Crippen LogP contribution in [-0.2, 0) is 6.54 Å². The molecule has 0 unspecified atom stereocenters. The summed E-state index contributed by atoms with van der Waals surface area (Å²) in [7, 11) is 0. The van der Waals surface area contributed by atoms with Gasteiger partial charge in [0.25, 0.3) is 0 Å². The zero-order chi connectivity index (χ0) is 19.5. The minimum Gasteiger partial charge on any atom is -0.441 e. The maximum atomic E-state index is 13.4. The summed E-state index contributed by atoms with van der Waals surface area (Å²) in [5.41, 5.74) is 1.56. The molecule has 0 aliphatic carbocycles. The highest BCUT2D eigenvalue weighted by molar-refractivity contribution is 8.00. The molecule has 4 rings (SSSR count). The van der Waals surface area contributed by atoms with Gasteiger partial charge in [0.05, 0.1) is 5.69 Å². The third-order valence-electron chi connectivity index (χ3n) is 4.99. The lowest BCUT2D eigenvalue weighted by molar-refractivity contribution is 0.221. The van der Waals surface area contributed by atoms with Gasteiger partial charge < -0.3 is 4.42 Å². The summed E-state index contributed by atoms with van der Waals surface area (Å²) in [6, 6.07) is 13.0. The molecule has 1 saturated heterocycles. The minimum atomic E-state index is -0.296. The second-order valence-corrected chi connectivity index (χ2v) is 8.45. The van der Waals surface area contributed by atoms with Gasteiger partial charge in [-0.2, -0.15) is 0 Å². The van der Waals surface area contributed by atoms with Crippen LogP contribution >= 0.6 is 11.8 Å². The number of aromatic nitrogens is 1. The third-order valence-corrected chi connectivity index (χ3v) is 6.34. The van der Waals surface area contributed by atoms with Crippen LogP contribution in [0.15, 0.2) is 57.8 Å². The SMILES string of the molecule is Cc1oc(-c2cccc(F)c2)nc1CN1CCC(Sc2ccc(F)cc2)CC1. The van der Waals surface area contributed by atoms with Gasteiger partial charge in [0.2, 0.25) is 5.89 Å². The molecule has 0 saturated carbocycles. The Balaban J connectivity index is 1.34. The molecule has 1 fully saturated rings. The van der Waals surface area contributed by atoms with Crippen molar-refractivity contribution in [2.45, 2.75) is 36.5 Å². The van der Waals surface area contributed by atoms with Crippen LogP contribution in [0.1, 0.15) is 24.3 Å². The van der Waals surface area contributed by atoms with Crippen molar-refractivity contribution in [2.75, 3.05) is 13.1 Å². The molecule has 3 aromatic rings. The quantitative estimate of drug-likeness (QED) is 0.551. The molecule has 2 aromatic carbocycles. The molecule has 2 heterocycles. The second kappa shape index (κ2) is 8.45. The molecule has 0 N–H and O–H groups in total. The monoisotopic (exact) mass is 400 g/mol. The van der Waals surface area contributed by atoms with E-state index in [1.807, 2.05) is 30.8 Å². The lowest BCUT2D eigenvalue weighted by atomic mass is 10.1. The van der Waals surface area contributed by atoms with Crippen LogP contribution in [0.4, 0.5) is 8.78 Å². The first-order valence-corrected chi connectivity index (χ1v) is 10.3. The fraction of sp³-hybridized carbons (Fsp3) is 0.318. The predicted molar refractivity (Wildman–Crippen MR) is 107 cm³/mol. The van der Waals surface area contributed by atoms with Gasteiger partial charge in [-0.05, 0) is 75.3 Å². The molecule has 0 atom stereocenters. The van der Waals surface area contributed by atoms with Crippen molar-refractivity contribution < 1.29 is 13.2 Å². The molecule has 1 aliphatic heterocycles. The van der Waals surface area contributed by atoms with E-state index in [-0.39, 0.29) is 11.6 Å². The molecular formula is C22H22F2N2OS. The summed E-state index contributed by atoms with van der Waals surface area (Å²) in [4.78, 5) is 8.09. The van der Waals surface area contributed by atoms with Gasteiger partial charge in [0, 0.05) is 22.3 Å². The fourth-order valence-corrected chi connectivity index (χ4v) is 4.55. The molecule has 1 aromatic heterocycles. The lowest BCUT2D eigenvalue weighted by Gasteiger charge is -2.31. The van der Waals surface area contributed by atoms with Crippen LogP contribution in [-0.4, -0.2) is 28.2 Å². The van der Waals surface area contributed by atoms with Gasteiger partial charge in [-0.15, -0.1) is 11.8 Å². The maximum absolute atomic E-state index is 13.4. The number of hydrogen-bond donors (Lipinski definition) is 0. The first kappa shape index (κ1) is 19.2. The summed E-state index contributed by atoms with van der Waals surface area (Å²) in [6.45, 7) is 4.61. The van der Waals surface area contributed by atoms with Crippen LogP contribution in [0.25, 0.3) is 11.5 Å². The van der Waals surface area contributed by atoms with Crippen LogP contribution < -0.4 is 0 Å². The first-order valence-electron chi connectivity index (χ1n) is 9.43. The Bertz CT molecular complexity index is 934. The van der Waals surface area contributed by atoms with Gasteiger partial charge >= 0.3 is 0 Å². The van der Waals surface area contributed by atoms with E-state index in [0.717, 1.165) is 48.8 Å². The summed E-state index contributed by atoms with van der Waals surface area (Å²) < 4.78 is 32.3. The van der Waals surface area contributed by atoms with E-state index in [1.165, 1.54) is 24.3 Å². The van der Waals surface area contributed by atoms with Crippen LogP contribution in [0.3, 0.4) is 0 Å². The summed E-state index contributed by atoms with van der Waals surface area (Å²) in [6.07, 6.45) is 2.16. The van der Waals surface area contributed by atoms with Crippen molar-refractivity contribution in [1.82, 2.24) is 9.88 Å². The van der Waals surface area contributed by atoms with Crippen molar-refractivity contribution in [3.63, 3.8) is 0 Å². The number of hydrogen-bond acceptors (Lipinski definition) is 4. The van der Waals surface area contributed by atoms with E-state index < -0.39 is 0 Å². The molecule has 1 aliphatic rings. The van der Waals surface area contributed by atoms with Crippen molar-refractivity contribution in [1.29, 1.82) is 0 Å². The number of aryl methyl sites for hydroxylation is 1. The highest BCUT2D eigenvalue weighted by Crippen LogP contribution is 2.31. The zero-order valence-corrected chi connectivity index (χ0v) is 16.5.